The molecule has 94 valence electrons. The Morgan fingerprint density at radius 1 is 1.47 bits per heavy atom. The first-order chi connectivity index (χ1) is 8.16. The Morgan fingerprint density at radius 2 is 2.29 bits per heavy atom. The zero-order valence-corrected chi connectivity index (χ0v) is 10.6. The minimum Gasteiger partial charge on any atom is -0.374 e. The van der Waals surface area contributed by atoms with Crippen LogP contribution in [0.3, 0.4) is 0 Å². The van der Waals surface area contributed by atoms with E-state index in [0.29, 0.717) is 11.8 Å². The molecule has 2 rings (SSSR count). The van der Waals surface area contributed by atoms with E-state index >= 15 is 0 Å². The summed E-state index contributed by atoms with van der Waals surface area (Å²) in [5.41, 5.74) is 0.968. The molecule has 0 aromatic heterocycles. The third-order valence-electron chi connectivity index (χ3n) is 3.72. The predicted octanol–water partition coefficient (Wildman–Crippen LogP) is 2.51. The lowest BCUT2D eigenvalue weighted by Gasteiger charge is -2.33. The summed E-state index contributed by atoms with van der Waals surface area (Å²) in [7, 11) is 2.05. The number of piperidine rings is 1. The van der Waals surface area contributed by atoms with Crippen molar-refractivity contribution in [1.82, 2.24) is 5.32 Å². The smallest absolute Gasteiger partial charge is 0.125 e. The SMILES string of the molecule is CC1CNCCC1CN(C)c1cccc(F)c1. The lowest BCUT2D eigenvalue weighted by Crippen LogP contribution is -2.40. The van der Waals surface area contributed by atoms with Crippen LogP contribution in [0.15, 0.2) is 24.3 Å². The van der Waals surface area contributed by atoms with Crippen molar-refractivity contribution in [1.29, 1.82) is 0 Å². The van der Waals surface area contributed by atoms with Crippen LogP contribution in [0.5, 0.6) is 0 Å². The van der Waals surface area contributed by atoms with Crippen LogP contribution in [0.4, 0.5) is 10.1 Å². The second-order valence-corrected chi connectivity index (χ2v) is 5.09. The Morgan fingerprint density at radius 3 is 3.00 bits per heavy atom. The lowest BCUT2D eigenvalue weighted by molar-refractivity contribution is 0.278. The zero-order valence-electron chi connectivity index (χ0n) is 10.6. The molecule has 1 aromatic carbocycles. The number of rotatable bonds is 3. The van der Waals surface area contributed by atoms with E-state index in [0.717, 1.165) is 25.3 Å². The molecule has 1 fully saturated rings. The van der Waals surface area contributed by atoms with Crippen LogP contribution >= 0.6 is 0 Å². The van der Waals surface area contributed by atoms with Gasteiger partial charge in [0.15, 0.2) is 0 Å². The first kappa shape index (κ1) is 12.4. The second-order valence-electron chi connectivity index (χ2n) is 5.09. The predicted molar refractivity (Wildman–Crippen MR) is 69.8 cm³/mol. The van der Waals surface area contributed by atoms with Crippen LogP contribution in [0.2, 0.25) is 0 Å². The molecule has 2 unspecified atom stereocenters. The van der Waals surface area contributed by atoms with Gasteiger partial charge >= 0.3 is 0 Å². The fraction of sp³-hybridized carbons (Fsp3) is 0.571. The van der Waals surface area contributed by atoms with Gasteiger partial charge < -0.3 is 10.2 Å². The first-order valence-electron chi connectivity index (χ1n) is 6.34. The lowest BCUT2D eigenvalue weighted by atomic mass is 9.87. The van der Waals surface area contributed by atoms with Gasteiger partial charge in [-0.25, -0.2) is 4.39 Å². The van der Waals surface area contributed by atoms with Crippen molar-refractivity contribution < 1.29 is 4.39 Å². The summed E-state index contributed by atoms with van der Waals surface area (Å²) in [6.45, 7) is 5.50. The summed E-state index contributed by atoms with van der Waals surface area (Å²) in [6.07, 6.45) is 1.21. The molecule has 0 bridgehead atoms. The number of hydrogen-bond donors (Lipinski definition) is 1. The molecule has 1 heterocycles. The first-order valence-corrected chi connectivity index (χ1v) is 6.34. The summed E-state index contributed by atoms with van der Waals surface area (Å²) >= 11 is 0. The Labute approximate surface area is 103 Å². The maximum absolute atomic E-state index is 13.1. The van der Waals surface area contributed by atoms with E-state index in [-0.39, 0.29) is 5.82 Å². The quantitative estimate of drug-likeness (QED) is 0.867. The van der Waals surface area contributed by atoms with Gasteiger partial charge in [-0.2, -0.15) is 0 Å². The average molecular weight is 236 g/mol. The number of benzene rings is 1. The molecular formula is C14H21FN2. The minimum atomic E-state index is -0.160. The van der Waals surface area contributed by atoms with E-state index in [1.807, 2.05) is 13.1 Å². The van der Waals surface area contributed by atoms with Crippen LogP contribution in [-0.4, -0.2) is 26.7 Å². The van der Waals surface area contributed by atoms with Crippen LogP contribution in [-0.2, 0) is 0 Å². The number of hydrogen-bond acceptors (Lipinski definition) is 2. The Hall–Kier alpha value is -1.09. The molecule has 3 heteroatoms. The molecular weight excluding hydrogens is 215 g/mol. The van der Waals surface area contributed by atoms with Crippen molar-refractivity contribution in [3.05, 3.63) is 30.1 Å². The van der Waals surface area contributed by atoms with Gasteiger partial charge in [-0.15, -0.1) is 0 Å². The molecule has 17 heavy (non-hydrogen) atoms. The average Bonchev–Trinajstić information content (AvgIpc) is 2.32. The molecule has 1 N–H and O–H groups in total. The van der Waals surface area contributed by atoms with Crippen LogP contribution in [0.25, 0.3) is 0 Å². The van der Waals surface area contributed by atoms with Gasteiger partial charge in [0.25, 0.3) is 0 Å². The van der Waals surface area contributed by atoms with Gasteiger partial charge in [0.05, 0.1) is 0 Å². The molecule has 1 saturated heterocycles. The highest BCUT2D eigenvalue weighted by Crippen LogP contribution is 2.22. The minimum absolute atomic E-state index is 0.160. The standard InChI is InChI=1S/C14H21FN2/c1-11-9-16-7-6-12(11)10-17(2)14-5-3-4-13(15)8-14/h3-5,8,11-12,16H,6-7,9-10H2,1-2H3. The van der Waals surface area contributed by atoms with Crippen molar-refractivity contribution >= 4 is 5.69 Å². The van der Waals surface area contributed by atoms with E-state index in [4.69, 9.17) is 0 Å². The highest BCUT2D eigenvalue weighted by Gasteiger charge is 2.22. The van der Waals surface area contributed by atoms with Crippen molar-refractivity contribution in [2.75, 3.05) is 31.6 Å². The fourth-order valence-electron chi connectivity index (χ4n) is 2.51. The summed E-state index contributed by atoms with van der Waals surface area (Å²) in [5.74, 6) is 1.23. The van der Waals surface area contributed by atoms with Crippen LogP contribution in [0, 0.1) is 17.7 Å². The van der Waals surface area contributed by atoms with Crippen LogP contribution in [0.1, 0.15) is 13.3 Å². The van der Waals surface area contributed by atoms with Crippen molar-refractivity contribution in [3.63, 3.8) is 0 Å². The Bertz CT molecular complexity index is 367. The van der Waals surface area contributed by atoms with Gasteiger partial charge in [0.1, 0.15) is 5.82 Å². The normalized spacial score (nSPS) is 24.6. The molecule has 0 aliphatic carbocycles. The largest absolute Gasteiger partial charge is 0.374 e. The molecule has 1 aliphatic rings. The fourth-order valence-corrected chi connectivity index (χ4v) is 2.51. The summed E-state index contributed by atoms with van der Waals surface area (Å²) in [5, 5.41) is 3.41. The molecule has 2 nitrogen and oxygen atoms in total. The molecule has 0 amide bonds. The molecule has 0 radical (unpaired) electrons. The number of halogens is 1. The zero-order chi connectivity index (χ0) is 12.3. The number of nitrogens with one attached hydrogen (secondary N) is 1. The van der Waals surface area contributed by atoms with Crippen molar-refractivity contribution in [2.24, 2.45) is 11.8 Å². The topological polar surface area (TPSA) is 15.3 Å². The van der Waals surface area contributed by atoms with Gasteiger partial charge in [0.2, 0.25) is 0 Å². The van der Waals surface area contributed by atoms with Gasteiger partial charge in [-0.05, 0) is 49.5 Å². The third-order valence-corrected chi connectivity index (χ3v) is 3.72. The summed E-state index contributed by atoms with van der Waals surface area (Å²) in [6, 6.07) is 6.83. The Balaban J connectivity index is 1.98. The van der Waals surface area contributed by atoms with E-state index < -0.39 is 0 Å². The maximum atomic E-state index is 13.1. The third kappa shape index (κ3) is 3.19. The second kappa shape index (κ2) is 5.50. The van der Waals surface area contributed by atoms with E-state index in [1.54, 1.807) is 12.1 Å². The van der Waals surface area contributed by atoms with Gasteiger partial charge in [-0.1, -0.05) is 13.0 Å². The number of nitrogens with zero attached hydrogens (tertiary/aromatic N) is 1. The van der Waals surface area contributed by atoms with E-state index in [2.05, 4.69) is 17.1 Å². The van der Waals surface area contributed by atoms with E-state index in [9.17, 15) is 4.39 Å². The van der Waals surface area contributed by atoms with E-state index in [1.165, 1.54) is 12.5 Å². The van der Waals surface area contributed by atoms with Crippen LogP contribution < -0.4 is 10.2 Å². The van der Waals surface area contributed by atoms with Crippen molar-refractivity contribution in [3.8, 4) is 0 Å². The molecule has 0 spiro atoms. The van der Waals surface area contributed by atoms with Gasteiger partial charge in [-0.3, -0.25) is 0 Å². The molecule has 2 atom stereocenters. The van der Waals surface area contributed by atoms with Gasteiger partial charge in [0, 0.05) is 19.3 Å². The molecule has 0 saturated carbocycles. The molecule has 1 aliphatic heterocycles. The summed E-state index contributed by atoms with van der Waals surface area (Å²) in [4.78, 5) is 2.16. The maximum Gasteiger partial charge on any atom is 0.125 e. The Kier molecular flexibility index (Phi) is 4.00. The number of anilines is 1. The molecule has 1 aromatic rings. The highest BCUT2D eigenvalue weighted by atomic mass is 19.1. The monoisotopic (exact) mass is 236 g/mol. The summed E-state index contributed by atoms with van der Waals surface area (Å²) < 4.78 is 13.1. The van der Waals surface area contributed by atoms with Crippen molar-refractivity contribution in [2.45, 2.75) is 13.3 Å². The highest BCUT2D eigenvalue weighted by molar-refractivity contribution is 5.45.